The van der Waals surface area contributed by atoms with Crippen molar-refractivity contribution in [1.29, 1.82) is 0 Å². The van der Waals surface area contributed by atoms with Crippen LogP contribution in [0, 0.1) is 5.92 Å². The van der Waals surface area contributed by atoms with Gasteiger partial charge in [0.25, 0.3) is 0 Å². The van der Waals surface area contributed by atoms with Gasteiger partial charge in [-0.25, -0.2) is 4.98 Å². The number of rotatable bonds is 3. The lowest BCUT2D eigenvalue weighted by molar-refractivity contribution is -0.124. The predicted molar refractivity (Wildman–Crippen MR) is 95.0 cm³/mol. The smallest absolute Gasteiger partial charge is 0.222 e. The van der Waals surface area contributed by atoms with Gasteiger partial charge >= 0.3 is 0 Å². The molecule has 4 heterocycles. The molecule has 1 aliphatic heterocycles. The maximum atomic E-state index is 11.9. The van der Waals surface area contributed by atoms with Crippen molar-refractivity contribution < 1.29 is 4.79 Å². The number of carbonyl (C=O) groups excluding carboxylic acids is 1. The first-order chi connectivity index (χ1) is 11.6. The van der Waals surface area contributed by atoms with Gasteiger partial charge in [0.1, 0.15) is 5.65 Å². The predicted octanol–water partition coefficient (Wildman–Crippen LogP) is 2.46. The summed E-state index contributed by atoms with van der Waals surface area (Å²) >= 11 is 0. The topological polar surface area (TPSA) is 73.9 Å². The molecule has 6 nitrogen and oxygen atoms in total. The molecule has 0 saturated carbocycles. The van der Waals surface area contributed by atoms with Gasteiger partial charge in [-0.2, -0.15) is 0 Å². The van der Waals surface area contributed by atoms with E-state index in [1.165, 1.54) is 0 Å². The molecule has 2 N–H and O–H groups in total. The highest BCUT2D eigenvalue weighted by molar-refractivity contribution is 6.10. The Balaban J connectivity index is 1.68. The second-order valence-corrected chi connectivity index (χ2v) is 6.68. The number of anilines is 1. The summed E-state index contributed by atoms with van der Waals surface area (Å²) in [5.74, 6) is 0.144. The van der Waals surface area contributed by atoms with E-state index in [0.29, 0.717) is 0 Å². The van der Waals surface area contributed by atoms with Crippen LogP contribution in [0.3, 0.4) is 0 Å². The van der Waals surface area contributed by atoms with E-state index in [1.807, 2.05) is 38.5 Å². The van der Waals surface area contributed by atoms with Crippen molar-refractivity contribution in [3.63, 3.8) is 0 Å². The number of nitrogens with one attached hydrogen (secondary N) is 2. The Hall–Kier alpha value is -2.63. The lowest BCUT2D eigenvalue weighted by Crippen LogP contribution is -2.39. The van der Waals surface area contributed by atoms with Crippen LogP contribution >= 0.6 is 0 Å². The van der Waals surface area contributed by atoms with Crippen molar-refractivity contribution in [2.45, 2.75) is 26.3 Å². The van der Waals surface area contributed by atoms with Crippen molar-refractivity contribution in [3.8, 4) is 0 Å². The molecule has 0 spiro atoms. The van der Waals surface area contributed by atoms with Gasteiger partial charge in [0, 0.05) is 53.9 Å². The minimum absolute atomic E-state index is 0.0198. The molecule has 3 aromatic heterocycles. The fourth-order valence-electron chi connectivity index (χ4n) is 3.36. The van der Waals surface area contributed by atoms with Gasteiger partial charge in [-0.05, 0) is 18.6 Å². The van der Waals surface area contributed by atoms with Crippen LogP contribution in [-0.4, -0.2) is 40.0 Å². The summed E-state index contributed by atoms with van der Waals surface area (Å²) in [6.45, 7) is 5.60. The number of nitrogens with zero attached hydrogens (tertiary/aromatic N) is 3. The molecule has 6 heteroatoms. The highest BCUT2D eigenvalue weighted by Crippen LogP contribution is 2.32. The van der Waals surface area contributed by atoms with E-state index in [2.05, 4.69) is 31.2 Å². The maximum absolute atomic E-state index is 11.9. The van der Waals surface area contributed by atoms with Crippen LogP contribution in [0.4, 0.5) is 5.69 Å². The van der Waals surface area contributed by atoms with E-state index < -0.39 is 0 Å². The Bertz CT molecular complexity index is 901. The molecule has 1 fully saturated rings. The van der Waals surface area contributed by atoms with Crippen LogP contribution in [0.2, 0.25) is 0 Å². The quantitative estimate of drug-likeness (QED) is 0.776. The Morgan fingerprint density at radius 2 is 2.25 bits per heavy atom. The van der Waals surface area contributed by atoms with Gasteiger partial charge in [-0.1, -0.05) is 13.8 Å². The van der Waals surface area contributed by atoms with Crippen molar-refractivity contribution in [2.75, 3.05) is 18.0 Å². The molecular weight excluding hydrogens is 302 g/mol. The van der Waals surface area contributed by atoms with E-state index >= 15 is 0 Å². The summed E-state index contributed by atoms with van der Waals surface area (Å²) in [4.78, 5) is 26.3. The molecule has 1 saturated heterocycles. The normalized spacial score (nSPS) is 18.0. The minimum Gasteiger partial charge on any atom is -0.369 e. The molecule has 124 valence electrons. The molecule has 24 heavy (non-hydrogen) atoms. The highest BCUT2D eigenvalue weighted by atomic mass is 16.1. The van der Waals surface area contributed by atoms with Crippen molar-refractivity contribution in [2.24, 2.45) is 5.92 Å². The second-order valence-electron chi connectivity index (χ2n) is 6.68. The number of pyridine rings is 2. The Labute approximate surface area is 140 Å². The number of carbonyl (C=O) groups is 1. The Morgan fingerprint density at radius 3 is 3.08 bits per heavy atom. The van der Waals surface area contributed by atoms with Gasteiger partial charge < -0.3 is 15.2 Å². The molecule has 1 unspecified atom stereocenters. The summed E-state index contributed by atoms with van der Waals surface area (Å²) < 4.78 is 0. The molecule has 3 aromatic rings. The lowest BCUT2D eigenvalue weighted by atomic mass is 10.1. The summed E-state index contributed by atoms with van der Waals surface area (Å²) in [6.07, 6.45) is 6.51. The summed E-state index contributed by atoms with van der Waals surface area (Å²) in [5, 5.41) is 5.36. The zero-order valence-electron chi connectivity index (χ0n) is 13.9. The minimum atomic E-state index is 0.0198. The number of fused-ring (bicyclic) bond motifs is 3. The summed E-state index contributed by atoms with van der Waals surface area (Å²) in [7, 11) is 0. The number of H-pyrrole nitrogens is 1. The van der Waals surface area contributed by atoms with Crippen LogP contribution in [0.15, 0.2) is 30.7 Å². The first-order valence-corrected chi connectivity index (χ1v) is 8.39. The standard InChI is InChI=1S/C18H21N5O/c1-11(2)18(24)22-12-5-8-23(10-12)15-4-7-19-14-9-21-17-13(16(14)15)3-6-20-17/h3-4,6-7,9,11-12H,5,8,10H2,1-2H3,(H,20,21)(H,22,24). The molecule has 0 radical (unpaired) electrons. The van der Waals surface area contributed by atoms with Crippen LogP contribution in [0.5, 0.6) is 0 Å². The molecule has 1 atom stereocenters. The van der Waals surface area contributed by atoms with Gasteiger partial charge in [0.05, 0.1) is 11.7 Å². The SMILES string of the molecule is CC(C)C(=O)NC1CCN(c2ccnc3cnc4[nH]ccc4c23)C1. The van der Waals surface area contributed by atoms with E-state index in [0.717, 1.165) is 47.1 Å². The third-order valence-corrected chi connectivity index (χ3v) is 4.67. The van der Waals surface area contributed by atoms with Crippen molar-refractivity contribution >= 4 is 33.5 Å². The monoisotopic (exact) mass is 323 g/mol. The van der Waals surface area contributed by atoms with E-state index in [-0.39, 0.29) is 17.9 Å². The van der Waals surface area contributed by atoms with Gasteiger partial charge in [0.15, 0.2) is 0 Å². The molecule has 0 bridgehead atoms. The summed E-state index contributed by atoms with van der Waals surface area (Å²) in [6, 6.07) is 4.30. The molecular formula is C18H21N5O. The van der Waals surface area contributed by atoms with Gasteiger partial charge in [-0.3, -0.25) is 9.78 Å². The number of hydrogen-bond donors (Lipinski definition) is 2. The first kappa shape index (κ1) is 14.9. The zero-order valence-corrected chi connectivity index (χ0v) is 13.9. The molecule has 1 amide bonds. The summed E-state index contributed by atoms with van der Waals surface area (Å²) in [5.41, 5.74) is 2.93. The first-order valence-electron chi connectivity index (χ1n) is 8.39. The third kappa shape index (κ3) is 2.48. The second kappa shape index (κ2) is 5.78. The number of amides is 1. The van der Waals surface area contributed by atoms with Crippen molar-refractivity contribution in [1.82, 2.24) is 20.3 Å². The van der Waals surface area contributed by atoms with E-state index in [4.69, 9.17) is 0 Å². The zero-order chi connectivity index (χ0) is 16.7. The van der Waals surface area contributed by atoms with Crippen LogP contribution in [0.25, 0.3) is 21.9 Å². The maximum Gasteiger partial charge on any atom is 0.222 e. The number of hydrogen-bond acceptors (Lipinski definition) is 4. The molecule has 0 aromatic carbocycles. The number of aromatic nitrogens is 3. The average Bonchev–Trinajstić information content (AvgIpc) is 3.22. The van der Waals surface area contributed by atoms with Crippen molar-refractivity contribution in [3.05, 3.63) is 30.7 Å². The third-order valence-electron chi connectivity index (χ3n) is 4.67. The largest absolute Gasteiger partial charge is 0.369 e. The highest BCUT2D eigenvalue weighted by Gasteiger charge is 2.26. The fraction of sp³-hybridized carbons (Fsp3) is 0.389. The van der Waals surface area contributed by atoms with E-state index in [9.17, 15) is 4.79 Å². The van der Waals surface area contributed by atoms with Crippen LogP contribution < -0.4 is 10.2 Å². The van der Waals surface area contributed by atoms with Gasteiger partial charge in [-0.15, -0.1) is 0 Å². The fourth-order valence-corrected chi connectivity index (χ4v) is 3.36. The lowest BCUT2D eigenvalue weighted by Gasteiger charge is -2.21. The molecule has 0 aliphatic carbocycles. The Kier molecular flexibility index (Phi) is 3.59. The van der Waals surface area contributed by atoms with Gasteiger partial charge in [0.2, 0.25) is 5.91 Å². The average molecular weight is 323 g/mol. The molecule has 4 rings (SSSR count). The Morgan fingerprint density at radius 1 is 1.38 bits per heavy atom. The molecule has 1 aliphatic rings. The van der Waals surface area contributed by atoms with E-state index in [1.54, 1.807) is 0 Å². The number of aromatic amines is 1. The van der Waals surface area contributed by atoms with Crippen LogP contribution in [0.1, 0.15) is 20.3 Å². The van der Waals surface area contributed by atoms with Crippen LogP contribution in [-0.2, 0) is 4.79 Å².